The minimum Gasteiger partial charge on any atom is -0.397 e. The minimum absolute atomic E-state index is 0.0738. The molecule has 0 unspecified atom stereocenters. The molecule has 0 aliphatic carbocycles. The predicted octanol–water partition coefficient (Wildman–Crippen LogP) is 3.39. The standard InChI is InChI=1S/C16H19N3OS/c1-2-10-5-6-21-15(10)9-18-14-8-13-11(7-12(14)17)3-4-16(20)19-13/h5-8,18H,2-4,9,17H2,1H3,(H,19,20). The summed E-state index contributed by atoms with van der Waals surface area (Å²) in [4.78, 5) is 12.8. The molecule has 4 nitrogen and oxygen atoms in total. The number of anilines is 3. The smallest absolute Gasteiger partial charge is 0.224 e. The first-order valence-corrected chi connectivity index (χ1v) is 8.06. The van der Waals surface area contributed by atoms with Crippen LogP contribution in [0.15, 0.2) is 23.6 Å². The van der Waals surface area contributed by atoms with Crippen LogP contribution in [0, 0.1) is 0 Å². The molecule has 0 atom stereocenters. The van der Waals surface area contributed by atoms with Crippen molar-refractivity contribution in [3.8, 4) is 0 Å². The summed E-state index contributed by atoms with van der Waals surface area (Å²) < 4.78 is 0. The summed E-state index contributed by atoms with van der Waals surface area (Å²) in [6.07, 6.45) is 2.33. The number of hydrogen-bond acceptors (Lipinski definition) is 4. The molecule has 1 aromatic carbocycles. The number of aryl methyl sites for hydroxylation is 2. The Morgan fingerprint density at radius 2 is 2.24 bits per heavy atom. The van der Waals surface area contributed by atoms with Crippen LogP contribution >= 0.6 is 11.3 Å². The van der Waals surface area contributed by atoms with Crippen LogP contribution in [-0.2, 0) is 24.2 Å². The van der Waals surface area contributed by atoms with Crippen molar-refractivity contribution in [2.45, 2.75) is 32.7 Å². The van der Waals surface area contributed by atoms with Gasteiger partial charge in [-0.1, -0.05) is 6.92 Å². The van der Waals surface area contributed by atoms with Gasteiger partial charge < -0.3 is 16.4 Å². The molecule has 1 aliphatic heterocycles. The largest absolute Gasteiger partial charge is 0.397 e. The number of rotatable bonds is 4. The van der Waals surface area contributed by atoms with Crippen molar-refractivity contribution in [3.63, 3.8) is 0 Å². The Labute approximate surface area is 128 Å². The molecule has 3 rings (SSSR count). The number of fused-ring (bicyclic) bond motifs is 1. The third kappa shape index (κ3) is 2.88. The fourth-order valence-corrected chi connectivity index (χ4v) is 3.53. The lowest BCUT2D eigenvalue weighted by Crippen LogP contribution is -2.19. The molecule has 0 spiro atoms. The molecule has 4 N–H and O–H groups in total. The van der Waals surface area contributed by atoms with E-state index in [2.05, 4.69) is 29.0 Å². The van der Waals surface area contributed by atoms with Crippen molar-refractivity contribution >= 4 is 34.3 Å². The van der Waals surface area contributed by atoms with Gasteiger partial charge in [0.25, 0.3) is 0 Å². The number of amides is 1. The minimum atomic E-state index is 0.0738. The van der Waals surface area contributed by atoms with Crippen LogP contribution in [0.2, 0.25) is 0 Å². The number of nitrogen functional groups attached to an aromatic ring is 1. The van der Waals surface area contributed by atoms with Crippen LogP contribution < -0.4 is 16.4 Å². The summed E-state index contributed by atoms with van der Waals surface area (Å²) in [6.45, 7) is 2.92. The SMILES string of the molecule is CCc1ccsc1CNc1cc2c(cc1N)CCC(=O)N2. The zero-order valence-electron chi connectivity index (χ0n) is 12.0. The average Bonchev–Trinajstić information content (AvgIpc) is 2.93. The maximum absolute atomic E-state index is 11.5. The summed E-state index contributed by atoms with van der Waals surface area (Å²) in [6, 6.07) is 6.07. The van der Waals surface area contributed by atoms with E-state index < -0.39 is 0 Å². The Balaban J connectivity index is 1.79. The van der Waals surface area contributed by atoms with Crippen LogP contribution in [0.1, 0.15) is 29.3 Å². The van der Waals surface area contributed by atoms with Crippen molar-refractivity contribution in [2.24, 2.45) is 0 Å². The van der Waals surface area contributed by atoms with E-state index in [-0.39, 0.29) is 5.91 Å². The van der Waals surface area contributed by atoms with Crippen LogP contribution in [0.25, 0.3) is 0 Å². The number of nitrogens with two attached hydrogens (primary N) is 1. The zero-order valence-corrected chi connectivity index (χ0v) is 12.8. The quantitative estimate of drug-likeness (QED) is 0.758. The fraction of sp³-hybridized carbons (Fsp3) is 0.312. The topological polar surface area (TPSA) is 67.1 Å². The molecule has 1 amide bonds. The van der Waals surface area contributed by atoms with Crippen molar-refractivity contribution in [3.05, 3.63) is 39.6 Å². The molecule has 0 bridgehead atoms. The Morgan fingerprint density at radius 3 is 3.05 bits per heavy atom. The molecule has 0 saturated carbocycles. The first kappa shape index (κ1) is 13.9. The summed E-state index contributed by atoms with van der Waals surface area (Å²) in [5, 5.41) is 8.42. The van der Waals surface area contributed by atoms with E-state index >= 15 is 0 Å². The monoisotopic (exact) mass is 301 g/mol. The van der Waals surface area contributed by atoms with Gasteiger partial charge in [0.15, 0.2) is 0 Å². The van der Waals surface area contributed by atoms with Gasteiger partial charge >= 0.3 is 0 Å². The van der Waals surface area contributed by atoms with Gasteiger partial charge in [-0.15, -0.1) is 11.3 Å². The number of hydrogen-bond donors (Lipinski definition) is 3. The summed E-state index contributed by atoms with van der Waals surface area (Å²) >= 11 is 1.76. The first-order chi connectivity index (χ1) is 10.2. The van der Waals surface area contributed by atoms with Gasteiger partial charge in [-0.2, -0.15) is 0 Å². The highest BCUT2D eigenvalue weighted by atomic mass is 32.1. The molecular formula is C16H19N3OS. The van der Waals surface area contributed by atoms with E-state index in [9.17, 15) is 4.79 Å². The van der Waals surface area contributed by atoms with E-state index in [1.807, 2.05) is 12.1 Å². The molecule has 0 fully saturated rings. The second-order valence-electron chi connectivity index (χ2n) is 5.22. The van der Waals surface area contributed by atoms with E-state index in [1.54, 1.807) is 11.3 Å². The Morgan fingerprint density at radius 1 is 1.38 bits per heavy atom. The van der Waals surface area contributed by atoms with Crippen molar-refractivity contribution < 1.29 is 4.79 Å². The number of thiophene rings is 1. The van der Waals surface area contributed by atoms with Gasteiger partial charge in [0.2, 0.25) is 5.91 Å². The lowest BCUT2D eigenvalue weighted by Gasteiger charge is -2.19. The molecular weight excluding hydrogens is 282 g/mol. The van der Waals surface area contributed by atoms with E-state index in [4.69, 9.17) is 5.73 Å². The van der Waals surface area contributed by atoms with Crippen molar-refractivity contribution in [1.29, 1.82) is 0 Å². The summed E-state index contributed by atoms with van der Waals surface area (Å²) in [7, 11) is 0. The maximum atomic E-state index is 11.5. The molecule has 2 heterocycles. The van der Waals surface area contributed by atoms with E-state index in [0.29, 0.717) is 6.42 Å². The third-order valence-corrected chi connectivity index (χ3v) is 4.79. The van der Waals surface area contributed by atoms with Crippen molar-refractivity contribution in [1.82, 2.24) is 0 Å². The molecule has 2 aromatic rings. The van der Waals surface area contributed by atoms with Crippen LogP contribution in [0.4, 0.5) is 17.1 Å². The number of nitrogens with one attached hydrogen (secondary N) is 2. The molecule has 21 heavy (non-hydrogen) atoms. The van der Waals surface area contributed by atoms with Gasteiger partial charge in [-0.3, -0.25) is 4.79 Å². The third-order valence-electron chi connectivity index (χ3n) is 3.83. The first-order valence-electron chi connectivity index (χ1n) is 7.18. The van der Waals surface area contributed by atoms with Crippen LogP contribution in [-0.4, -0.2) is 5.91 Å². The van der Waals surface area contributed by atoms with Gasteiger partial charge in [0, 0.05) is 23.5 Å². The lowest BCUT2D eigenvalue weighted by molar-refractivity contribution is -0.116. The molecule has 110 valence electrons. The van der Waals surface area contributed by atoms with Gasteiger partial charge in [0.05, 0.1) is 11.4 Å². The Kier molecular flexibility index (Phi) is 3.84. The highest BCUT2D eigenvalue weighted by molar-refractivity contribution is 7.10. The molecule has 1 aliphatic rings. The number of carbonyl (C=O) groups excluding carboxylic acids is 1. The number of benzene rings is 1. The Bertz CT molecular complexity index is 678. The summed E-state index contributed by atoms with van der Waals surface area (Å²) in [5.41, 5.74) is 11.1. The fourth-order valence-electron chi connectivity index (χ4n) is 2.61. The molecule has 5 heteroatoms. The normalized spacial score (nSPS) is 13.7. The summed E-state index contributed by atoms with van der Waals surface area (Å²) in [5.74, 6) is 0.0738. The Hall–Kier alpha value is -2.01. The van der Waals surface area contributed by atoms with Gasteiger partial charge in [-0.25, -0.2) is 0 Å². The lowest BCUT2D eigenvalue weighted by atomic mass is 10.0. The van der Waals surface area contributed by atoms with Crippen molar-refractivity contribution in [2.75, 3.05) is 16.4 Å². The second kappa shape index (κ2) is 5.77. The average molecular weight is 301 g/mol. The molecule has 0 radical (unpaired) electrons. The highest BCUT2D eigenvalue weighted by Gasteiger charge is 2.16. The molecule has 0 saturated heterocycles. The van der Waals surface area contributed by atoms with Gasteiger partial charge in [-0.05, 0) is 47.5 Å². The van der Waals surface area contributed by atoms with Crippen LogP contribution in [0.5, 0.6) is 0 Å². The van der Waals surface area contributed by atoms with Gasteiger partial charge in [0.1, 0.15) is 0 Å². The van der Waals surface area contributed by atoms with E-state index in [1.165, 1.54) is 10.4 Å². The second-order valence-corrected chi connectivity index (χ2v) is 6.22. The zero-order chi connectivity index (χ0) is 14.8. The van der Waals surface area contributed by atoms with E-state index in [0.717, 1.165) is 42.0 Å². The number of carbonyl (C=O) groups is 1. The predicted molar refractivity (Wildman–Crippen MR) is 88.8 cm³/mol. The maximum Gasteiger partial charge on any atom is 0.224 e. The van der Waals surface area contributed by atoms with Crippen LogP contribution in [0.3, 0.4) is 0 Å². The molecule has 1 aromatic heterocycles. The highest BCUT2D eigenvalue weighted by Crippen LogP contribution is 2.31.